The summed E-state index contributed by atoms with van der Waals surface area (Å²) in [7, 11) is 0. The average molecular weight is 256 g/mol. The number of fused-ring (bicyclic) bond motifs is 1. The van der Waals surface area contributed by atoms with Gasteiger partial charge in [-0.2, -0.15) is 0 Å². The largest absolute Gasteiger partial charge is 0.478 e. The highest BCUT2D eigenvalue weighted by molar-refractivity contribution is 6.01. The minimum Gasteiger partial charge on any atom is -0.478 e. The van der Waals surface area contributed by atoms with Crippen molar-refractivity contribution in [3.63, 3.8) is 0 Å². The minimum atomic E-state index is -0.965. The van der Waals surface area contributed by atoms with E-state index in [0.29, 0.717) is 12.1 Å². The topological polar surface area (TPSA) is 68.3 Å². The van der Waals surface area contributed by atoms with Gasteiger partial charge in [-0.1, -0.05) is 6.07 Å². The number of para-hydroxylation sites is 1. The number of aromatic nitrogens is 2. The molecular weight excluding hydrogens is 244 g/mol. The molecule has 96 valence electrons. The average Bonchev–Trinajstić information content (AvgIpc) is 2.98. The molecular formula is C14H12N2O3. The second kappa shape index (κ2) is 4.28. The summed E-state index contributed by atoms with van der Waals surface area (Å²) in [5.41, 5.74) is 1.53. The van der Waals surface area contributed by atoms with Crippen LogP contribution in [0.1, 0.15) is 21.9 Å². The molecule has 0 saturated carbocycles. The Morgan fingerprint density at radius 2 is 2.21 bits per heavy atom. The van der Waals surface area contributed by atoms with Crippen LogP contribution in [-0.2, 0) is 6.54 Å². The Hall–Kier alpha value is -2.56. The van der Waals surface area contributed by atoms with Gasteiger partial charge in [-0.25, -0.2) is 9.78 Å². The van der Waals surface area contributed by atoms with Crippen molar-refractivity contribution in [2.45, 2.75) is 13.5 Å². The molecule has 0 unspecified atom stereocenters. The van der Waals surface area contributed by atoms with Crippen molar-refractivity contribution >= 4 is 17.0 Å². The van der Waals surface area contributed by atoms with Crippen molar-refractivity contribution in [1.29, 1.82) is 0 Å². The number of benzene rings is 1. The van der Waals surface area contributed by atoms with Gasteiger partial charge < -0.3 is 14.1 Å². The molecule has 0 aliphatic heterocycles. The molecule has 1 N–H and O–H groups in total. The smallest absolute Gasteiger partial charge is 0.337 e. The first-order chi connectivity index (χ1) is 9.16. The summed E-state index contributed by atoms with van der Waals surface area (Å²) in [4.78, 5) is 15.5. The Bertz CT molecular complexity index is 741. The van der Waals surface area contributed by atoms with Gasteiger partial charge in [0.25, 0.3) is 0 Å². The third kappa shape index (κ3) is 1.89. The maximum absolute atomic E-state index is 11.2. The molecule has 5 nitrogen and oxygen atoms in total. The van der Waals surface area contributed by atoms with Gasteiger partial charge in [0.2, 0.25) is 0 Å². The second-order valence-corrected chi connectivity index (χ2v) is 4.30. The molecule has 3 rings (SSSR count). The van der Waals surface area contributed by atoms with E-state index in [4.69, 9.17) is 4.42 Å². The first-order valence-corrected chi connectivity index (χ1v) is 5.88. The lowest BCUT2D eigenvalue weighted by Gasteiger charge is -2.04. The van der Waals surface area contributed by atoms with E-state index in [0.717, 1.165) is 17.1 Å². The number of nitrogens with zero attached hydrogens (tertiary/aromatic N) is 2. The number of hydrogen-bond donors (Lipinski definition) is 1. The first-order valence-electron chi connectivity index (χ1n) is 5.88. The quantitative estimate of drug-likeness (QED) is 0.782. The highest BCUT2D eigenvalue weighted by Gasteiger charge is 2.15. The van der Waals surface area contributed by atoms with Crippen LogP contribution < -0.4 is 0 Å². The summed E-state index contributed by atoms with van der Waals surface area (Å²) < 4.78 is 7.27. The summed E-state index contributed by atoms with van der Waals surface area (Å²) in [5, 5.41) is 9.17. The van der Waals surface area contributed by atoms with Crippen LogP contribution in [0.3, 0.4) is 0 Å². The maximum atomic E-state index is 11.2. The molecule has 2 aromatic heterocycles. The Labute approximate surface area is 109 Å². The molecule has 0 amide bonds. The van der Waals surface area contributed by atoms with Gasteiger partial charge in [0.1, 0.15) is 17.1 Å². The number of aromatic carboxylic acids is 1. The fraction of sp³-hybridized carbons (Fsp3) is 0.143. The van der Waals surface area contributed by atoms with Gasteiger partial charge in [0.05, 0.1) is 23.9 Å². The molecule has 0 aliphatic carbocycles. The monoisotopic (exact) mass is 256 g/mol. The van der Waals surface area contributed by atoms with Gasteiger partial charge in [0.15, 0.2) is 0 Å². The van der Waals surface area contributed by atoms with E-state index in [1.807, 2.05) is 29.7 Å². The van der Waals surface area contributed by atoms with E-state index in [1.54, 1.807) is 18.4 Å². The molecule has 0 radical (unpaired) electrons. The van der Waals surface area contributed by atoms with Crippen molar-refractivity contribution in [2.24, 2.45) is 0 Å². The zero-order chi connectivity index (χ0) is 13.4. The Morgan fingerprint density at radius 1 is 1.37 bits per heavy atom. The van der Waals surface area contributed by atoms with Crippen molar-refractivity contribution < 1.29 is 14.3 Å². The number of furan rings is 1. The SMILES string of the molecule is Cc1nc2c(C(=O)O)cccc2n1Cc1ccco1. The number of aryl methyl sites for hydroxylation is 1. The maximum Gasteiger partial charge on any atom is 0.337 e. The van der Waals surface area contributed by atoms with Crippen LogP contribution in [0, 0.1) is 6.92 Å². The van der Waals surface area contributed by atoms with Crippen LogP contribution in [0.5, 0.6) is 0 Å². The highest BCUT2D eigenvalue weighted by Crippen LogP contribution is 2.21. The zero-order valence-electron chi connectivity index (χ0n) is 10.3. The summed E-state index contributed by atoms with van der Waals surface area (Å²) >= 11 is 0. The summed E-state index contributed by atoms with van der Waals surface area (Å²) in [6.45, 7) is 2.40. The molecule has 0 spiro atoms. The van der Waals surface area contributed by atoms with Crippen LogP contribution in [0.4, 0.5) is 0 Å². The predicted molar refractivity (Wildman–Crippen MR) is 69.2 cm³/mol. The van der Waals surface area contributed by atoms with Crippen molar-refractivity contribution in [1.82, 2.24) is 9.55 Å². The van der Waals surface area contributed by atoms with Gasteiger partial charge >= 0.3 is 5.97 Å². The summed E-state index contributed by atoms with van der Waals surface area (Å²) in [5.74, 6) is 0.608. The molecule has 5 heteroatoms. The van der Waals surface area contributed by atoms with Crippen molar-refractivity contribution in [3.8, 4) is 0 Å². The van der Waals surface area contributed by atoms with E-state index >= 15 is 0 Å². The third-order valence-electron chi connectivity index (χ3n) is 3.09. The van der Waals surface area contributed by atoms with E-state index in [1.165, 1.54) is 0 Å². The standard InChI is InChI=1S/C14H12N2O3/c1-9-15-13-11(14(17)18)5-2-6-12(13)16(9)8-10-4-3-7-19-10/h2-7H,8H2,1H3,(H,17,18). The normalized spacial score (nSPS) is 11.0. The Kier molecular flexibility index (Phi) is 2.59. The number of imidazole rings is 1. The molecule has 19 heavy (non-hydrogen) atoms. The molecule has 0 atom stereocenters. The van der Waals surface area contributed by atoms with E-state index in [-0.39, 0.29) is 5.56 Å². The third-order valence-corrected chi connectivity index (χ3v) is 3.09. The van der Waals surface area contributed by atoms with Gasteiger partial charge in [0, 0.05) is 0 Å². The van der Waals surface area contributed by atoms with E-state index in [2.05, 4.69) is 4.98 Å². The lowest BCUT2D eigenvalue weighted by Crippen LogP contribution is -2.01. The lowest BCUT2D eigenvalue weighted by atomic mass is 10.2. The minimum absolute atomic E-state index is 0.221. The zero-order valence-corrected chi connectivity index (χ0v) is 10.3. The number of rotatable bonds is 3. The first kappa shape index (κ1) is 11.5. The van der Waals surface area contributed by atoms with Crippen LogP contribution in [0.25, 0.3) is 11.0 Å². The Morgan fingerprint density at radius 3 is 2.89 bits per heavy atom. The fourth-order valence-electron chi connectivity index (χ4n) is 2.19. The number of carboxylic acid groups (broad SMARTS) is 1. The van der Waals surface area contributed by atoms with Gasteiger partial charge in [-0.3, -0.25) is 0 Å². The van der Waals surface area contributed by atoms with E-state index in [9.17, 15) is 9.90 Å². The van der Waals surface area contributed by atoms with Crippen LogP contribution in [0.15, 0.2) is 41.0 Å². The predicted octanol–water partition coefficient (Wildman–Crippen LogP) is 2.68. The van der Waals surface area contributed by atoms with E-state index < -0.39 is 5.97 Å². The van der Waals surface area contributed by atoms with Crippen molar-refractivity contribution in [2.75, 3.05) is 0 Å². The molecule has 0 bridgehead atoms. The number of hydrogen-bond acceptors (Lipinski definition) is 3. The van der Waals surface area contributed by atoms with Crippen LogP contribution >= 0.6 is 0 Å². The van der Waals surface area contributed by atoms with Crippen LogP contribution in [0.2, 0.25) is 0 Å². The highest BCUT2D eigenvalue weighted by atomic mass is 16.4. The number of carboxylic acids is 1. The fourth-order valence-corrected chi connectivity index (χ4v) is 2.19. The molecule has 0 saturated heterocycles. The van der Waals surface area contributed by atoms with Crippen molar-refractivity contribution in [3.05, 3.63) is 53.7 Å². The summed E-state index contributed by atoms with van der Waals surface area (Å²) in [6.07, 6.45) is 1.62. The van der Waals surface area contributed by atoms with Crippen LogP contribution in [-0.4, -0.2) is 20.6 Å². The molecule has 0 fully saturated rings. The van der Waals surface area contributed by atoms with Gasteiger partial charge in [-0.15, -0.1) is 0 Å². The second-order valence-electron chi connectivity index (χ2n) is 4.30. The summed E-state index contributed by atoms with van der Waals surface area (Å²) in [6, 6.07) is 8.86. The molecule has 0 aliphatic rings. The van der Waals surface area contributed by atoms with Gasteiger partial charge in [-0.05, 0) is 31.2 Å². The molecule has 3 aromatic rings. The Balaban J connectivity index is 2.17. The number of carbonyl (C=O) groups is 1. The molecule has 1 aromatic carbocycles. The lowest BCUT2D eigenvalue weighted by molar-refractivity contribution is 0.0699. The molecule has 2 heterocycles.